The lowest BCUT2D eigenvalue weighted by Gasteiger charge is -2.59. The Balaban J connectivity index is 1.10. The molecular weight excluding hydrogens is 996 g/mol. The van der Waals surface area contributed by atoms with E-state index in [9.17, 15) is 29.1 Å². The van der Waals surface area contributed by atoms with Crippen LogP contribution in [0.4, 0.5) is 10.5 Å². The second kappa shape index (κ2) is 24.6. The summed E-state index contributed by atoms with van der Waals surface area (Å²) in [4.78, 5) is 80.6. The van der Waals surface area contributed by atoms with E-state index >= 15 is 0 Å². The Morgan fingerprint density at radius 2 is 1.75 bits per heavy atom. The zero-order valence-electron chi connectivity index (χ0n) is 43.8. The first-order chi connectivity index (χ1) is 34.5. The van der Waals surface area contributed by atoms with Gasteiger partial charge >= 0.3 is 12.1 Å². The Labute approximate surface area is 442 Å². The van der Waals surface area contributed by atoms with Gasteiger partial charge in [0.1, 0.15) is 46.3 Å². The molecule has 0 saturated carbocycles. The number of carbonyl (C=O) groups is 5. The lowest BCUT2D eigenvalue weighted by Crippen LogP contribution is -2.72. The number of anilines is 1. The molecule has 3 aromatic rings. The van der Waals surface area contributed by atoms with Gasteiger partial charge < -0.3 is 43.9 Å². The van der Waals surface area contributed by atoms with Crippen molar-refractivity contribution in [2.75, 3.05) is 46.0 Å². The molecule has 7 atom stereocenters. The van der Waals surface area contributed by atoms with Crippen LogP contribution in [0.25, 0.3) is 11.0 Å². The molecule has 4 amide bonds. The number of rotatable bonds is 17. The van der Waals surface area contributed by atoms with Gasteiger partial charge in [0.05, 0.1) is 41.6 Å². The number of methoxy groups -OCH3 is 2. The summed E-state index contributed by atoms with van der Waals surface area (Å²) in [6, 6.07) is 7.89. The Bertz CT molecular complexity index is 2590. The SMILES string of the molecule is COc1cc2cc(c1Cl)N(C)C(=O)C[C@H](OC(=O)[C@@H](C)N(C)C(=O)CCCCCNC(=O)c1ccc3nc(CSC(C)C)c(CSC)nc3c1)[C@@]1(C)C[C@@](C)(O1)[C@@H]1C[C@@](O)(NC(=O)O1)[C@H](OC)/C=C/C=C(\C)C2. The number of carbonyl (C=O) groups excluding carboxylic acids is 5. The number of ether oxygens (including phenoxy) is 5. The van der Waals surface area contributed by atoms with Crippen LogP contribution in [0.3, 0.4) is 0 Å². The van der Waals surface area contributed by atoms with E-state index in [1.807, 2.05) is 37.1 Å². The Morgan fingerprint density at radius 3 is 2.44 bits per heavy atom. The molecule has 0 aliphatic carbocycles. The number of thioether (sulfide) groups is 2. The molecule has 2 saturated heterocycles. The van der Waals surface area contributed by atoms with E-state index in [1.165, 1.54) is 31.1 Å². The van der Waals surface area contributed by atoms with Crippen molar-refractivity contribution in [1.82, 2.24) is 25.5 Å². The van der Waals surface area contributed by atoms with Gasteiger partial charge in [-0.25, -0.2) is 19.6 Å². The van der Waals surface area contributed by atoms with E-state index in [1.54, 1.807) is 76.0 Å². The molecule has 73 heavy (non-hydrogen) atoms. The van der Waals surface area contributed by atoms with E-state index in [4.69, 9.17) is 45.3 Å². The molecule has 4 aliphatic heterocycles. The fourth-order valence-electron chi connectivity index (χ4n) is 9.45. The number of unbranched alkanes of at least 4 members (excludes halogenated alkanes) is 2. The number of amides is 4. The number of aromatic nitrogens is 2. The number of alkyl carbamates (subject to hydrolysis) is 1. The number of allylic oxidation sites excluding steroid dienone is 3. The molecule has 5 heterocycles. The van der Waals surface area contributed by atoms with E-state index in [-0.39, 0.29) is 42.5 Å². The van der Waals surface area contributed by atoms with Crippen LogP contribution in [0.15, 0.2) is 54.1 Å². The monoisotopic (exact) mass is 1070 g/mol. The van der Waals surface area contributed by atoms with Crippen LogP contribution < -0.4 is 20.3 Å². The molecule has 1 aromatic heterocycles. The van der Waals surface area contributed by atoms with E-state index in [0.29, 0.717) is 60.0 Å². The molecule has 2 aromatic carbocycles. The zero-order valence-corrected chi connectivity index (χ0v) is 46.2. The van der Waals surface area contributed by atoms with Crippen molar-refractivity contribution in [3.63, 3.8) is 0 Å². The first-order valence-electron chi connectivity index (χ1n) is 24.6. The average molecular weight is 1070 g/mol. The highest BCUT2D eigenvalue weighted by atomic mass is 35.5. The van der Waals surface area contributed by atoms with Crippen molar-refractivity contribution in [2.45, 2.75) is 151 Å². The topological polar surface area (TPSA) is 208 Å². The van der Waals surface area contributed by atoms with Gasteiger partial charge in [0, 0.05) is 64.1 Å². The number of nitrogens with one attached hydrogen (secondary N) is 2. The normalized spacial score (nSPS) is 25.9. The third-order valence-corrected chi connectivity index (χ3v) is 15.8. The van der Waals surface area contributed by atoms with Crippen LogP contribution >= 0.6 is 35.1 Å². The van der Waals surface area contributed by atoms with Crippen molar-refractivity contribution in [3.8, 4) is 5.75 Å². The number of hydrogen-bond donors (Lipinski definition) is 3. The maximum absolute atomic E-state index is 14.4. The molecular formula is C53H71ClN6O11S2. The molecule has 0 radical (unpaired) electrons. The number of esters is 1. The fraction of sp³-hybridized carbons (Fsp3) is 0.566. The second-order valence-electron chi connectivity index (χ2n) is 19.9. The number of nitrogens with zero attached hydrogens (tertiary/aromatic N) is 4. The van der Waals surface area contributed by atoms with Gasteiger partial charge in [-0.1, -0.05) is 55.7 Å². The standard InChI is InChI=1S/C53H71ClN6O11S2/c1-31(2)73-29-39-38(28-72-11)57-37-25-35(19-20-36(37)56-39)48(63)55-21-14-12-13-18-45(61)59(7)33(4)49(64)69-43-26-46(62)60(8)40-23-34(24-41(67-9)47(40)54)22-32(3)16-15-17-42(68-10)53(66)27-44(70-50(65)58-53)52(6)30-51(43,5)71-52/h15-17,19-20,23-25,31,33,42-44,66H,12-14,18,21-22,26-30H2,1-11H3,(H,55,63)(H,58,65)/b17-15+,32-16+/t33-,42-,43+,44+,51-,52-,53+/m1/s1. The predicted molar refractivity (Wildman–Crippen MR) is 285 cm³/mol. The first-order valence-corrected chi connectivity index (χ1v) is 27.4. The predicted octanol–water partition coefficient (Wildman–Crippen LogP) is 8.10. The van der Waals surface area contributed by atoms with Gasteiger partial charge in [0.2, 0.25) is 11.8 Å². The van der Waals surface area contributed by atoms with Gasteiger partial charge in [-0.3, -0.25) is 19.7 Å². The third-order valence-electron chi connectivity index (χ3n) is 13.7. The number of aliphatic hydroxyl groups is 1. The minimum Gasteiger partial charge on any atom is -0.495 e. The van der Waals surface area contributed by atoms with Crippen molar-refractivity contribution in [2.24, 2.45) is 0 Å². The number of benzene rings is 2. The van der Waals surface area contributed by atoms with E-state index in [2.05, 4.69) is 24.5 Å². The summed E-state index contributed by atoms with van der Waals surface area (Å²) in [5, 5.41) is 18.0. The lowest BCUT2D eigenvalue weighted by molar-refractivity contribution is -0.328. The number of fused-ring (bicyclic) bond motifs is 7. The van der Waals surface area contributed by atoms with Crippen LogP contribution in [0.1, 0.15) is 114 Å². The lowest BCUT2D eigenvalue weighted by atomic mass is 9.72. The quantitative estimate of drug-likeness (QED) is 0.0862. The summed E-state index contributed by atoms with van der Waals surface area (Å²) < 4.78 is 29.8. The van der Waals surface area contributed by atoms with Crippen LogP contribution in [-0.2, 0) is 51.3 Å². The molecule has 2 fully saturated rings. The van der Waals surface area contributed by atoms with Crippen LogP contribution in [0, 0.1) is 0 Å². The molecule has 6 bridgehead atoms. The van der Waals surface area contributed by atoms with Gasteiger partial charge in [0.15, 0.2) is 5.72 Å². The largest absolute Gasteiger partial charge is 0.495 e. The number of halogens is 1. The van der Waals surface area contributed by atoms with Crippen molar-refractivity contribution >= 4 is 81.6 Å². The van der Waals surface area contributed by atoms with Crippen LogP contribution in [0.5, 0.6) is 5.75 Å². The maximum Gasteiger partial charge on any atom is 0.409 e. The molecule has 20 heteroatoms. The Morgan fingerprint density at radius 1 is 1.04 bits per heavy atom. The van der Waals surface area contributed by atoms with Crippen LogP contribution in [0.2, 0.25) is 5.02 Å². The Hall–Kier alpha value is -4.92. The highest BCUT2D eigenvalue weighted by Gasteiger charge is 2.63. The summed E-state index contributed by atoms with van der Waals surface area (Å²) in [6.45, 7) is 11.6. The first kappa shape index (κ1) is 57.4. The molecule has 4 aliphatic rings. The summed E-state index contributed by atoms with van der Waals surface area (Å²) in [7, 11) is 6.00. The fourth-order valence-corrected chi connectivity index (χ4v) is 11.0. The third kappa shape index (κ3) is 13.9. The second-order valence-corrected chi connectivity index (χ2v) is 22.7. The minimum atomic E-state index is -1.88. The molecule has 398 valence electrons. The highest BCUT2D eigenvalue weighted by molar-refractivity contribution is 7.99. The molecule has 0 unspecified atom stereocenters. The van der Waals surface area contributed by atoms with Gasteiger partial charge in [-0.2, -0.15) is 23.5 Å². The number of hydrogen-bond acceptors (Lipinski definition) is 15. The van der Waals surface area contributed by atoms with Gasteiger partial charge in [0.25, 0.3) is 5.91 Å². The Kier molecular flexibility index (Phi) is 19.3. The van der Waals surface area contributed by atoms with Gasteiger partial charge in [-0.05, 0) is 94.4 Å². The zero-order chi connectivity index (χ0) is 53.4. The van der Waals surface area contributed by atoms with Crippen molar-refractivity contribution < 1.29 is 52.8 Å². The van der Waals surface area contributed by atoms with E-state index in [0.717, 1.165) is 39.5 Å². The number of likely N-dealkylation sites (N-methyl/N-ethyl adjacent to an activating group) is 1. The molecule has 17 nitrogen and oxygen atoms in total. The molecule has 7 rings (SSSR count). The maximum atomic E-state index is 14.4. The summed E-state index contributed by atoms with van der Waals surface area (Å²) in [5.41, 5.74) is 1.52. The minimum absolute atomic E-state index is 0.120. The average Bonchev–Trinajstić information content (AvgIpc) is 3.33. The summed E-state index contributed by atoms with van der Waals surface area (Å²) in [5.74, 6) is 0.136. The van der Waals surface area contributed by atoms with Crippen molar-refractivity contribution in [1.29, 1.82) is 0 Å². The van der Waals surface area contributed by atoms with E-state index < -0.39 is 59.3 Å². The van der Waals surface area contributed by atoms with Crippen LogP contribution in [-0.4, -0.2) is 137 Å². The van der Waals surface area contributed by atoms with Crippen molar-refractivity contribution in [3.05, 3.63) is 81.7 Å². The molecule has 0 spiro atoms. The summed E-state index contributed by atoms with van der Waals surface area (Å²) in [6.07, 6.45) is 5.27. The highest BCUT2D eigenvalue weighted by Crippen LogP contribution is 2.50. The summed E-state index contributed by atoms with van der Waals surface area (Å²) >= 11 is 10.3. The smallest absolute Gasteiger partial charge is 0.409 e. The van der Waals surface area contributed by atoms with Gasteiger partial charge in [-0.15, -0.1) is 0 Å². The molecule has 3 N–H and O–H groups in total.